The molecule has 1 atom stereocenters. The van der Waals surface area contributed by atoms with Gasteiger partial charge in [0.05, 0.1) is 24.5 Å². The Morgan fingerprint density at radius 1 is 1.60 bits per heavy atom. The summed E-state index contributed by atoms with van der Waals surface area (Å²) >= 11 is 0. The van der Waals surface area contributed by atoms with Crippen LogP contribution in [0.3, 0.4) is 0 Å². The number of hydrogen-bond donors (Lipinski definition) is 1. The van der Waals surface area contributed by atoms with Crippen LogP contribution in [-0.4, -0.2) is 35.1 Å². The quantitative estimate of drug-likeness (QED) is 0.798. The topological polar surface area (TPSA) is 53.7 Å². The number of hydrogen-bond acceptors (Lipinski definition) is 3. The number of carbonyl (C=O) groups excluding carboxylic acids is 1. The third-order valence-electron chi connectivity index (χ3n) is 2.87. The van der Waals surface area contributed by atoms with Crippen molar-refractivity contribution in [3.8, 4) is 0 Å². The lowest BCUT2D eigenvalue weighted by atomic mass is 10.0. The fourth-order valence-corrected chi connectivity index (χ4v) is 2.01. The van der Waals surface area contributed by atoms with E-state index in [1.807, 2.05) is 0 Å². The normalized spacial score (nSPS) is 21.7. The fourth-order valence-electron chi connectivity index (χ4n) is 2.01. The minimum absolute atomic E-state index is 0.0267. The summed E-state index contributed by atoms with van der Waals surface area (Å²) in [6.45, 7) is 0.777. The molecule has 4 nitrogen and oxygen atoms in total. The lowest BCUT2D eigenvalue weighted by Gasteiger charge is -2.34. The summed E-state index contributed by atoms with van der Waals surface area (Å²) in [5.41, 5.74) is 0.565. The van der Waals surface area contributed by atoms with Crippen LogP contribution in [0.5, 0.6) is 0 Å². The molecule has 1 N–H and O–H groups in total. The van der Waals surface area contributed by atoms with E-state index in [4.69, 9.17) is 4.42 Å². The van der Waals surface area contributed by atoms with Gasteiger partial charge in [0.15, 0.2) is 0 Å². The van der Waals surface area contributed by atoms with Gasteiger partial charge in [-0.3, -0.25) is 4.79 Å². The summed E-state index contributed by atoms with van der Waals surface area (Å²) in [6.07, 6.45) is 5.93. The third-order valence-corrected chi connectivity index (χ3v) is 2.87. The van der Waals surface area contributed by atoms with E-state index < -0.39 is 0 Å². The van der Waals surface area contributed by atoms with Crippen molar-refractivity contribution in [3.63, 3.8) is 0 Å². The van der Waals surface area contributed by atoms with Crippen LogP contribution >= 0.6 is 0 Å². The monoisotopic (exact) mass is 209 g/mol. The lowest BCUT2D eigenvalue weighted by Crippen LogP contribution is -2.45. The molecule has 1 aliphatic heterocycles. The lowest BCUT2D eigenvalue weighted by molar-refractivity contribution is 0.0502. The Bertz CT molecular complexity index is 321. The van der Waals surface area contributed by atoms with E-state index in [1.54, 1.807) is 11.0 Å². The van der Waals surface area contributed by atoms with Crippen molar-refractivity contribution >= 4 is 5.91 Å². The molecule has 0 bridgehead atoms. The molecule has 1 aromatic heterocycles. The minimum Gasteiger partial charge on any atom is -0.472 e. The third kappa shape index (κ3) is 2.04. The van der Waals surface area contributed by atoms with Crippen LogP contribution in [0.25, 0.3) is 0 Å². The SMILES string of the molecule is O=C(c1ccoc1)N1CCCCC1CO. The van der Waals surface area contributed by atoms with Crippen LogP contribution in [0.1, 0.15) is 29.6 Å². The predicted molar refractivity (Wildman–Crippen MR) is 54.5 cm³/mol. The van der Waals surface area contributed by atoms with Crippen LogP contribution in [0.2, 0.25) is 0 Å². The molecule has 1 fully saturated rings. The average Bonchev–Trinajstić information content (AvgIpc) is 2.81. The van der Waals surface area contributed by atoms with Gasteiger partial charge in [-0.2, -0.15) is 0 Å². The molecular weight excluding hydrogens is 194 g/mol. The van der Waals surface area contributed by atoms with Crippen molar-refractivity contribution in [1.29, 1.82) is 0 Å². The number of piperidine rings is 1. The van der Waals surface area contributed by atoms with Crippen molar-refractivity contribution in [1.82, 2.24) is 4.90 Å². The van der Waals surface area contributed by atoms with E-state index >= 15 is 0 Å². The molecule has 1 aliphatic rings. The Kier molecular flexibility index (Phi) is 3.06. The first-order valence-electron chi connectivity index (χ1n) is 5.27. The summed E-state index contributed by atoms with van der Waals surface area (Å²) < 4.78 is 4.89. The molecule has 0 spiro atoms. The number of aliphatic hydroxyl groups is 1. The van der Waals surface area contributed by atoms with Gasteiger partial charge in [-0.15, -0.1) is 0 Å². The van der Waals surface area contributed by atoms with Gasteiger partial charge < -0.3 is 14.4 Å². The fraction of sp³-hybridized carbons (Fsp3) is 0.545. The molecule has 0 aromatic carbocycles. The first-order valence-corrected chi connectivity index (χ1v) is 5.27. The van der Waals surface area contributed by atoms with Gasteiger partial charge in [0.1, 0.15) is 6.26 Å². The summed E-state index contributed by atoms with van der Waals surface area (Å²) in [6, 6.07) is 1.63. The van der Waals surface area contributed by atoms with Gasteiger partial charge in [0.2, 0.25) is 0 Å². The second-order valence-electron chi connectivity index (χ2n) is 3.84. The molecule has 2 heterocycles. The number of rotatable bonds is 2. The van der Waals surface area contributed by atoms with E-state index in [0.717, 1.165) is 25.8 Å². The maximum Gasteiger partial charge on any atom is 0.257 e. The Morgan fingerprint density at radius 2 is 2.47 bits per heavy atom. The average molecular weight is 209 g/mol. The number of aliphatic hydroxyl groups excluding tert-OH is 1. The molecule has 4 heteroatoms. The van der Waals surface area contributed by atoms with Crippen LogP contribution in [-0.2, 0) is 0 Å². The number of carbonyl (C=O) groups is 1. The van der Waals surface area contributed by atoms with Gasteiger partial charge in [-0.05, 0) is 25.3 Å². The van der Waals surface area contributed by atoms with Gasteiger partial charge in [-0.1, -0.05) is 0 Å². The van der Waals surface area contributed by atoms with E-state index in [1.165, 1.54) is 12.5 Å². The second kappa shape index (κ2) is 4.49. The molecule has 1 aromatic rings. The molecule has 15 heavy (non-hydrogen) atoms. The molecule has 1 unspecified atom stereocenters. The van der Waals surface area contributed by atoms with Crippen molar-refractivity contribution in [3.05, 3.63) is 24.2 Å². The highest BCUT2D eigenvalue weighted by Crippen LogP contribution is 2.19. The van der Waals surface area contributed by atoms with E-state index in [0.29, 0.717) is 5.56 Å². The van der Waals surface area contributed by atoms with Gasteiger partial charge >= 0.3 is 0 Å². The maximum absolute atomic E-state index is 12.0. The molecule has 1 saturated heterocycles. The molecule has 0 saturated carbocycles. The molecule has 0 aliphatic carbocycles. The van der Waals surface area contributed by atoms with Gasteiger partial charge in [0.25, 0.3) is 5.91 Å². The smallest absolute Gasteiger partial charge is 0.257 e. The molecule has 82 valence electrons. The highest BCUT2D eigenvalue weighted by atomic mass is 16.3. The summed E-state index contributed by atoms with van der Waals surface area (Å²) in [4.78, 5) is 13.7. The number of likely N-dealkylation sites (tertiary alicyclic amines) is 1. The van der Waals surface area contributed by atoms with Crippen LogP contribution < -0.4 is 0 Å². The number of furan rings is 1. The standard InChI is InChI=1S/C11H15NO3/c13-7-10-3-1-2-5-12(10)11(14)9-4-6-15-8-9/h4,6,8,10,13H,1-3,5,7H2. The van der Waals surface area contributed by atoms with Crippen LogP contribution in [0.15, 0.2) is 23.0 Å². The Morgan fingerprint density at radius 3 is 3.13 bits per heavy atom. The van der Waals surface area contributed by atoms with Crippen molar-refractivity contribution in [2.24, 2.45) is 0 Å². The largest absolute Gasteiger partial charge is 0.472 e. The zero-order valence-corrected chi connectivity index (χ0v) is 8.56. The van der Waals surface area contributed by atoms with E-state index in [2.05, 4.69) is 0 Å². The highest BCUT2D eigenvalue weighted by molar-refractivity contribution is 5.94. The van der Waals surface area contributed by atoms with Gasteiger partial charge in [-0.25, -0.2) is 0 Å². The Labute approximate surface area is 88.5 Å². The molecule has 2 rings (SSSR count). The highest BCUT2D eigenvalue weighted by Gasteiger charge is 2.27. The van der Waals surface area contributed by atoms with Crippen molar-refractivity contribution in [2.45, 2.75) is 25.3 Å². The van der Waals surface area contributed by atoms with Crippen LogP contribution in [0, 0.1) is 0 Å². The van der Waals surface area contributed by atoms with Crippen molar-refractivity contribution in [2.75, 3.05) is 13.2 Å². The first-order chi connectivity index (χ1) is 7.33. The molecule has 1 amide bonds. The minimum atomic E-state index is -0.0394. The maximum atomic E-state index is 12.0. The summed E-state index contributed by atoms with van der Waals surface area (Å²) in [5, 5.41) is 9.19. The molecular formula is C11H15NO3. The first kappa shape index (κ1) is 10.2. The second-order valence-corrected chi connectivity index (χ2v) is 3.84. The number of amides is 1. The van der Waals surface area contributed by atoms with E-state index in [-0.39, 0.29) is 18.6 Å². The predicted octanol–water partition coefficient (Wildman–Crippen LogP) is 1.27. The van der Waals surface area contributed by atoms with Crippen molar-refractivity contribution < 1.29 is 14.3 Å². The summed E-state index contributed by atoms with van der Waals surface area (Å²) in [5.74, 6) is -0.0394. The Balaban J connectivity index is 2.11. The zero-order valence-electron chi connectivity index (χ0n) is 8.56. The summed E-state index contributed by atoms with van der Waals surface area (Å²) in [7, 11) is 0. The Hall–Kier alpha value is -1.29. The molecule has 0 radical (unpaired) electrons. The number of nitrogens with zero attached hydrogens (tertiary/aromatic N) is 1. The van der Waals surface area contributed by atoms with E-state index in [9.17, 15) is 9.90 Å². The van der Waals surface area contributed by atoms with Gasteiger partial charge in [0, 0.05) is 6.54 Å². The van der Waals surface area contributed by atoms with Crippen LogP contribution in [0.4, 0.5) is 0 Å². The zero-order chi connectivity index (χ0) is 10.7.